The first-order chi connectivity index (χ1) is 9.06. The maximum atomic E-state index is 9.87. The second-order valence-electron chi connectivity index (χ2n) is 4.32. The van der Waals surface area contributed by atoms with Gasteiger partial charge in [-0.3, -0.25) is 4.98 Å². The number of hydrogen-bond donors (Lipinski definition) is 0. The Labute approximate surface area is 117 Å². The Balaban J connectivity index is 0.000000486. The Morgan fingerprint density at radius 2 is 1.62 bits per heavy atom. The predicted octanol–water partition coefficient (Wildman–Crippen LogP) is 4.03. The average molecular weight is 339 g/mol. The van der Waals surface area contributed by atoms with E-state index in [1.807, 2.05) is 49.8 Å². The molecule has 0 aliphatic rings. The molecular formula is C10H16F6N3OP. The number of nitrogens with zero attached hydrogens (tertiary/aromatic N) is 3. The van der Waals surface area contributed by atoms with Gasteiger partial charge in [0.1, 0.15) is 0 Å². The summed E-state index contributed by atoms with van der Waals surface area (Å²) in [5.74, 6) is 0.741. The number of halogens is 6. The van der Waals surface area contributed by atoms with Gasteiger partial charge in [-0.15, -0.1) is 0 Å². The molecule has 0 spiro atoms. The third kappa shape index (κ3) is 14.6. The first kappa shape index (κ1) is 19.4. The Morgan fingerprint density at radius 1 is 1.14 bits per heavy atom. The molecule has 0 saturated heterocycles. The number of amidine groups is 1. The molecule has 0 atom stereocenters. The van der Waals surface area contributed by atoms with E-state index in [9.17, 15) is 25.2 Å². The van der Waals surface area contributed by atoms with Crippen LogP contribution in [-0.2, 0) is 0 Å². The summed E-state index contributed by atoms with van der Waals surface area (Å²) in [6.07, 6.45) is 3.41. The second kappa shape index (κ2) is 5.67. The van der Waals surface area contributed by atoms with Crippen molar-refractivity contribution in [1.82, 2.24) is 9.88 Å². The van der Waals surface area contributed by atoms with E-state index >= 15 is 0 Å². The van der Waals surface area contributed by atoms with Crippen molar-refractivity contribution in [1.29, 1.82) is 0 Å². The fourth-order valence-electron chi connectivity index (χ4n) is 1.10. The zero-order chi connectivity index (χ0) is 17.0. The molecule has 0 aliphatic heterocycles. The summed E-state index contributed by atoms with van der Waals surface area (Å²) in [7, 11) is -2.91. The van der Waals surface area contributed by atoms with Crippen LogP contribution >= 0.6 is 7.81 Å². The molecule has 21 heavy (non-hydrogen) atoms. The van der Waals surface area contributed by atoms with Crippen LogP contribution < -0.4 is 4.74 Å². The van der Waals surface area contributed by atoms with E-state index in [1.54, 1.807) is 12.4 Å². The zero-order valence-electron chi connectivity index (χ0n) is 11.8. The van der Waals surface area contributed by atoms with Crippen LogP contribution in [0.3, 0.4) is 0 Å². The minimum absolute atomic E-state index is 0.741. The quantitative estimate of drug-likeness (QED) is 0.254. The molecule has 4 nitrogen and oxygen atoms in total. The molecule has 0 N–H and O–H groups in total. The summed E-state index contributed by atoms with van der Waals surface area (Å²) in [5, 5.41) is 0. The van der Waals surface area contributed by atoms with Crippen molar-refractivity contribution < 1.29 is 34.5 Å². The van der Waals surface area contributed by atoms with Gasteiger partial charge in [-0.25, -0.2) is 9.48 Å². The molecule has 0 unspecified atom stereocenters. The van der Waals surface area contributed by atoms with Crippen molar-refractivity contribution >= 4 is 13.8 Å². The molecule has 0 aliphatic carbocycles. The van der Waals surface area contributed by atoms with Crippen LogP contribution in [-0.4, -0.2) is 48.7 Å². The number of rotatable bonds is 1. The number of ether oxygens (including phenoxy) is 1. The summed E-state index contributed by atoms with van der Waals surface area (Å²) < 4.78 is 66.7. The maximum absolute atomic E-state index is 10.7. The molecule has 0 amide bonds. The average Bonchev–Trinajstić information content (AvgIpc) is 2.22. The summed E-state index contributed by atoms with van der Waals surface area (Å²) >= 11 is 0. The van der Waals surface area contributed by atoms with Crippen LogP contribution in [0, 0.1) is 0 Å². The molecule has 1 aromatic rings. The fourth-order valence-corrected chi connectivity index (χ4v) is 1.10. The molecule has 0 saturated carbocycles. The van der Waals surface area contributed by atoms with Crippen LogP contribution in [0.2, 0.25) is 0 Å². The van der Waals surface area contributed by atoms with Crippen molar-refractivity contribution in [2.75, 3.05) is 28.2 Å². The van der Waals surface area contributed by atoms with Crippen molar-refractivity contribution in [2.45, 2.75) is 0 Å². The van der Waals surface area contributed by atoms with Gasteiger partial charge in [0.05, 0.1) is 34.4 Å². The van der Waals surface area contributed by atoms with Crippen LogP contribution in [0.1, 0.15) is 0 Å². The summed E-state index contributed by atoms with van der Waals surface area (Å²) in [6.45, 7) is 0. The van der Waals surface area contributed by atoms with E-state index in [0.29, 0.717) is 0 Å². The van der Waals surface area contributed by atoms with E-state index in [-0.39, 0.29) is 0 Å². The van der Waals surface area contributed by atoms with Crippen molar-refractivity contribution in [2.24, 2.45) is 0 Å². The molecule has 124 valence electrons. The second-order valence-corrected chi connectivity index (χ2v) is 6.24. The number of aromatic nitrogens is 1. The first-order valence-corrected chi connectivity index (χ1v) is 7.45. The van der Waals surface area contributed by atoms with Crippen LogP contribution in [0.4, 0.5) is 25.2 Å². The van der Waals surface area contributed by atoms with Gasteiger partial charge in [0.25, 0.3) is 0 Å². The van der Waals surface area contributed by atoms with Crippen molar-refractivity contribution in [3.8, 4) is 5.75 Å². The topological polar surface area (TPSA) is 28.4 Å². The Morgan fingerprint density at radius 3 is 1.90 bits per heavy atom. The van der Waals surface area contributed by atoms with Crippen LogP contribution in [0.25, 0.3) is 0 Å². The molecule has 0 bridgehead atoms. The van der Waals surface area contributed by atoms with E-state index in [4.69, 9.17) is 4.74 Å². The predicted molar refractivity (Wildman–Crippen MR) is 69.2 cm³/mol. The van der Waals surface area contributed by atoms with Crippen molar-refractivity contribution in [3.63, 3.8) is 0 Å². The Kier molecular flexibility index (Phi) is 5.24. The minimum atomic E-state index is -10.7. The monoisotopic (exact) mass is 339 g/mol. The normalized spacial score (nSPS) is 14.0. The fraction of sp³-hybridized carbons (Fsp3) is 0.400. The van der Waals surface area contributed by atoms with Gasteiger partial charge in [0.2, 0.25) is 0 Å². The van der Waals surface area contributed by atoms with Gasteiger partial charge < -0.3 is 4.74 Å². The van der Waals surface area contributed by atoms with Gasteiger partial charge >= 0.3 is 39.0 Å². The van der Waals surface area contributed by atoms with Gasteiger partial charge in [-0.05, 0) is 12.1 Å². The molecule has 1 rings (SSSR count). The Bertz CT molecular complexity index is 484. The molecule has 1 aromatic heterocycles. The zero-order valence-corrected chi connectivity index (χ0v) is 12.7. The van der Waals surface area contributed by atoms with Crippen LogP contribution in [0.5, 0.6) is 5.75 Å². The number of hydrogen-bond acceptors (Lipinski definition) is 2. The number of pyridine rings is 1. The molecule has 0 fully saturated rings. The molecule has 1 heterocycles. The molecular weight excluding hydrogens is 323 g/mol. The third-order valence-electron chi connectivity index (χ3n) is 1.61. The standard InChI is InChI=1S/C10H16N3O.F6P/c1-12(2)10(13(3)4)14-9-6-5-7-11-8-9;1-7(2,3,4,5)6/h5-8H,1-4H3;/q+1;-1. The van der Waals surface area contributed by atoms with Gasteiger partial charge in [0, 0.05) is 6.20 Å². The van der Waals surface area contributed by atoms with E-state index in [2.05, 4.69) is 4.98 Å². The SMILES string of the molecule is CN(C)C(Oc1cccnc1)=[N+](C)C.F[P-](F)(F)(F)(F)F. The van der Waals surface area contributed by atoms with Crippen molar-refractivity contribution in [3.05, 3.63) is 24.5 Å². The first-order valence-electron chi connectivity index (χ1n) is 5.42. The summed E-state index contributed by atoms with van der Waals surface area (Å²) in [5.41, 5.74) is 0. The van der Waals surface area contributed by atoms with Gasteiger partial charge in [0.15, 0.2) is 5.75 Å². The molecule has 0 radical (unpaired) electrons. The van der Waals surface area contributed by atoms with Gasteiger partial charge in [-0.2, -0.15) is 0 Å². The summed E-state index contributed by atoms with van der Waals surface area (Å²) in [6, 6.07) is 4.50. The van der Waals surface area contributed by atoms with E-state index in [1.165, 1.54) is 0 Å². The Hall–Kier alpha value is -1.57. The molecule has 11 heteroatoms. The van der Waals surface area contributed by atoms with E-state index in [0.717, 1.165) is 11.8 Å². The summed E-state index contributed by atoms with van der Waals surface area (Å²) in [4.78, 5) is 5.89. The van der Waals surface area contributed by atoms with E-state index < -0.39 is 7.81 Å². The third-order valence-corrected chi connectivity index (χ3v) is 1.61. The van der Waals surface area contributed by atoms with Gasteiger partial charge in [-0.1, -0.05) is 0 Å². The molecule has 0 aromatic carbocycles. The van der Waals surface area contributed by atoms with Crippen LogP contribution in [0.15, 0.2) is 24.5 Å².